The normalized spacial score (nSPS) is 11.0. The number of aromatic nitrogens is 2. The first-order valence-corrected chi connectivity index (χ1v) is 4.36. The molecule has 0 atom stereocenters. The average molecular weight is 175 g/mol. The number of benzene rings is 1. The summed E-state index contributed by atoms with van der Waals surface area (Å²) in [6.07, 6.45) is 0. The van der Waals surface area contributed by atoms with E-state index in [9.17, 15) is 0 Å². The fourth-order valence-electron chi connectivity index (χ4n) is 1.63. The maximum atomic E-state index is 5.64. The van der Waals surface area contributed by atoms with Crippen LogP contribution >= 0.6 is 0 Å². The molecule has 0 aliphatic rings. The van der Waals surface area contributed by atoms with Gasteiger partial charge in [0, 0.05) is 17.6 Å². The molecule has 0 spiro atoms. The fourth-order valence-corrected chi connectivity index (χ4v) is 1.63. The molecule has 0 fully saturated rings. The Balaban J connectivity index is 2.84. The lowest BCUT2D eigenvalue weighted by molar-refractivity contribution is 1.04. The number of nitrogens with two attached hydrogens (primary N) is 1. The molecule has 0 bridgehead atoms. The molecule has 1 heterocycles. The van der Waals surface area contributed by atoms with Crippen molar-refractivity contribution >= 4 is 10.9 Å². The van der Waals surface area contributed by atoms with Gasteiger partial charge in [0.2, 0.25) is 0 Å². The zero-order valence-corrected chi connectivity index (χ0v) is 7.89. The minimum Gasteiger partial charge on any atom is -0.326 e. The van der Waals surface area contributed by atoms with E-state index >= 15 is 0 Å². The van der Waals surface area contributed by atoms with Crippen LogP contribution in [-0.4, -0.2) is 10.2 Å². The highest BCUT2D eigenvalue weighted by atomic mass is 15.1. The van der Waals surface area contributed by atoms with Gasteiger partial charge in [0.05, 0.1) is 5.52 Å². The molecule has 0 saturated heterocycles. The molecule has 0 saturated carbocycles. The minimum atomic E-state index is 0.544. The summed E-state index contributed by atoms with van der Waals surface area (Å²) in [5.41, 5.74) is 10.1. The van der Waals surface area contributed by atoms with Crippen LogP contribution in [0.4, 0.5) is 0 Å². The molecular weight excluding hydrogens is 162 g/mol. The first-order valence-electron chi connectivity index (χ1n) is 4.36. The van der Waals surface area contributed by atoms with Gasteiger partial charge in [-0.3, -0.25) is 5.10 Å². The average Bonchev–Trinajstić information content (AvgIpc) is 2.47. The van der Waals surface area contributed by atoms with E-state index in [2.05, 4.69) is 29.3 Å². The van der Waals surface area contributed by atoms with Crippen molar-refractivity contribution in [1.29, 1.82) is 0 Å². The van der Waals surface area contributed by atoms with Gasteiger partial charge in [-0.2, -0.15) is 5.10 Å². The summed E-state index contributed by atoms with van der Waals surface area (Å²) in [5.74, 6) is 0. The predicted molar refractivity (Wildman–Crippen MR) is 53.5 cm³/mol. The van der Waals surface area contributed by atoms with Gasteiger partial charge < -0.3 is 5.73 Å². The summed E-state index contributed by atoms with van der Waals surface area (Å²) in [6.45, 7) is 4.64. The number of nitrogens with zero attached hydrogens (tertiary/aromatic N) is 1. The SMILES string of the molecule is Cc1cc(CN)c2n[nH]c(C)c2c1. The van der Waals surface area contributed by atoms with Crippen molar-refractivity contribution in [2.24, 2.45) is 5.73 Å². The number of aryl methyl sites for hydroxylation is 2. The highest BCUT2D eigenvalue weighted by molar-refractivity contribution is 5.84. The Morgan fingerprint density at radius 1 is 1.38 bits per heavy atom. The molecule has 2 rings (SSSR count). The molecule has 1 aromatic heterocycles. The van der Waals surface area contributed by atoms with Gasteiger partial charge in [-0.1, -0.05) is 6.07 Å². The van der Waals surface area contributed by atoms with Crippen molar-refractivity contribution < 1.29 is 0 Å². The molecule has 68 valence electrons. The lowest BCUT2D eigenvalue weighted by Gasteiger charge is -2.00. The van der Waals surface area contributed by atoms with Gasteiger partial charge >= 0.3 is 0 Å². The van der Waals surface area contributed by atoms with Gasteiger partial charge in [0.25, 0.3) is 0 Å². The number of hydrogen-bond acceptors (Lipinski definition) is 2. The molecule has 3 nitrogen and oxygen atoms in total. The molecular formula is C10H13N3. The highest BCUT2D eigenvalue weighted by Crippen LogP contribution is 2.20. The molecule has 0 radical (unpaired) electrons. The summed E-state index contributed by atoms with van der Waals surface area (Å²) in [6, 6.07) is 4.22. The van der Waals surface area contributed by atoms with Gasteiger partial charge in [-0.05, 0) is 31.0 Å². The topological polar surface area (TPSA) is 54.7 Å². The van der Waals surface area contributed by atoms with Crippen molar-refractivity contribution in [3.05, 3.63) is 29.0 Å². The molecule has 0 amide bonds. The Hall–Kier alpha value is -1.35. The monoisotopic (exact) mass is 175 g/mol. The Morgan fingerprint density at radius 2 is 2.15 bits per heavy atom. The van der Waals surface area contributed by atoms with Crippen LogP contribution in [0, 0.1) is 13.8 Å². The summed E-state index contributed by atoms with van der Waals surface area (Å²) in [7, 11) is 0. The third-order valence-electron chi connectivity index (χ3n) is 2.29. The van der Waals surface area contributed by atoms with Crippen molar-refractivity contribution in [3.8, 4) is 0 Å². The number of aromatic amines is 1. The second-order valence-electron chi connectivity index (χ2n) is 3.37. The van der Waals surface area contributed by atoms with Gasteiger partial charge in [0.1, 0.15) is 0 Å². The van der Waals surface area contributed by atoms with Crippen molar-refractivity contribution in [2.75, 3.05) is 0 Å². The summed E-state index contributed by atoms with van der Waals surface area (Å²) < 4.78 is 0. The molecule has 2 aromatic rings. The van der Waals surface area contributed by atoms with Crippen LogP contribution in [-0.2, 0) is 6.54 Å². The zero-order valence-electron chi connectivity index (χ0n) is 7.89. The van der Waals surface area contributed by atoms with Crippen LogP contribution in [0.15, 0.2) is 12.1 Å². The van der Waals surface area contributed by atoms with E-state index in [0.717, 1.165) is 16.8 Å². The van der Waals surface area contributed by atoms with Crippen LogP contribution in [0.2, 0.25) is 0 Å². The third-order valence-corrected chi connectivity index (χ3v) is 2.29. The summed E-state index contributed by atoms with van der Waals surface area (Å²) >= 11 is 0. The Morgan fingerprint density at radius 3 is 2.85 bits per heavy atom. The van der Waals surface area contributed by atoms with Crippen LogP contribution in [0.25, 0.3) is 10.9 Å². The molecule has 0 unspecified atom stereocenters. The van der Waals surface area contributed by atoms with Gasteiger partial charge in [0.15, 0.2) is 0 Å². The van der Waals surface area contributed by atoms with Gasteiger partial charge in [-0.25, -0.2) is 0 Å². The van der Waals surface area contributed by atoms with Crippen LogP contribution < -0.4 is 5.73 Å². The number of fused-ring (bicyclic) bond motifs is 1. The standard InChI is InChI=1S/C10H13N3/c1-6-3-8(5-11)10-9(4-6)7(2)12-13-10/h3-4H,5,11H2,1-2H3,(H,12,13). The lowest BCUT2D eigenvalue weighted by Crippen LogP contribution is -1.97. The zero-order chi connectivity index (χ0) is 9.42. The van der Waals surface area contributed by atoms with E-state index < -0.39 is 0 Å². The largest absolute Gasteiger partial charge is 0.326 e. The molecule has 13 heavy (non-hydrogen) atoms. The fraction of sp³-hybridized carbons (Fsp3) is 0.300. The Labute approximate surface area is 76.9 Å². The van der Waals surface area contributed by atoms with Crippen molar-refractivity contribution in [2.45, 2.75) is 20.4 Å². The van der Waals surface area contributed by atoms with Crippen LogP contribution in [0.1, 0.15) is 16.8 Å². The van der Waals surface area contributed by atoms with Crippen LogP contribution in [0.5, 0.6) is 0 Å². The quantitative estimate of drug-likeness (QED) is 0.692. The number of nitrogens with one attached hydrogen (secondary N) is 1. The van der Waals surface area contributed by atoms with Crippen LogP contribution in [0.3, 0.4) is 0 Å². The second-order valence-corrected chi connectivity index (χ2v) is 3.37. The predicted octanol–water partition coefficient (Wildman–Crippen LogP) is 1.64. The van der Waals surface area contributed by atoms with Crippen molar-refractivity contribution in [1.82, 2.24) is 10.2 Å². The lowest BCUT2D eigenvalue weighted by atomic mass is 10.1. The maximum absolute atomic E-state index is 5.64. The van der Waals surface area contributed by atoms with Gasteiger partial charge in [-0.15, -0.1) is 0 Å². The van der Waals surface area contributed by atoms with E-state index in [4.69, 9.17) is 5.73 Å². The van der Waals surface area contributed by atoms with E-state index in [0.29, 0.717) is 6.54 Å². The smallest absolute Gasteiger partial charge is 0.0968 e. The van der Waals surface area contributed by atoms with E-state index in [-0.39, 0.29) is 0 Å². The first-order chi connectivity index (χ1) is 6.22. The minimum absolute atomic E-state index is 0.544. The molecule has 3 N–H and O–H groups in total. The molecule has 3 heteroatoms. The molecule has 1 aromatic carbocycles. The Bertz CT molecular complexity index is 443. The number of H-pyrrole nitrogens is 1. The highest BCUT2D eigenvalue weighted by Gasteiger charge is 2.05. The maximum Gasteiger partial charge on any atom is 0.0968 e. The number of hydrogen-bond donors (Lipinski definition) is 2. The van der Waals surface area contributed by atoms with E-state index in [1.54, 1.807) is 0 Å². The summed E-state index contributed by atoms with van der Waals surface area (Å²) in [4.78, 5) is 0. The van der Waals surface area contributed by atoms with E-state index in [1.165, 1.54) is 10.9 Å². The molecule has 0 aliphatic carbocycles. The first kappa shape index (κ1) is 8.26. The Kier molecular flexibility index (Phi) is 1.81. The summed E-state index contributed by atoms with van der Waals surface area (Å²) in [5, 5.41) is 8.38. The second kappa shape index (κ2) is 2.85. The number of rotatable bonds is 1. The third kappa shape index (κ3) is 1.21. The van der Waals surface area contributed by atoms with Crippen molar-refractivity contribution in [3.63, 3.8) is 0 Å². The van der Waals surface area contributed by atoms with E-state index in [1.807, 2.05) is 6.92 Å². The molecule has 0 aliphatic heterocycles.